The molecule has 0 spiro atoms. The van der Waals surface area contributed by atoms with Crippen LogP contribution in [0, 0.1) is 6.92 Å². The second kappa shape index (κ2) is 5.32. The van der Waals surface area contributed by atoms with Crippen molar-refractivity contribution in [2.24, 2.45) is 0 Å². The molecule has 1 N–H and O–H groups in total. The predicted molar refractivity (Wildman–Crippen MR) is 67.2 cm³/mol. The third kappa shape index (κ3) is 3.67. The summed E-state index contributed by atoms with van der Waals surface area (Å²) in [6.07, 6.45) is 0. The van der Waals surface area contributed by atoms with E-state index in [0.29, 0.717) is 12.0 Å². The molecule has 0 atom stereocenters. The number of hydrogen-bond acceptors (Lipinski definition) is 1. The lowest BCUT2D eigenvalue weighted by Crippen LogP contribution is -2.21. The van der Waals surface area contributed by atoms with Gasteiger partial charge in [-0.25, -0.2) is 0 Å². The summed E-state index contributed by atoms with van der Waals surface area (Å²) >= 11 is 0. The molecular formula is C14H23N. The normalized spacial score (nSPS) is 11.4. The summed E-state index contributed by atoms with van der Waals surface area (Å²) < 4.78 is 0. The monoisotopic (exact) mass is 205 g/mol. The Balaban J connectivity index is 2.73. The van der Waals surface area contributed by atoms with E-state index >= 15 is 0 Å². The molecule has 0 radical (unpaired) electrons. The van der Waals surface area contributed by atoms with E-state index in [-0.39, 0.29) is 0 Å². The van der Waals surface area contributed by atoms with Crippen molar-refractivity contribution in [1.82, 2.24) is 5.32 Å². The van der Waals surface area contributed by atoms with Crippen molar-refractivity contribution >= 4 is 0 Å². The highest BCUT2D eigenvalue weighted by Gasteiger charge is 2.04. The lowest BCUT2D eigenvalue weighted by atomic mass is 9.96. The largest absolute Gasteiger partial charge is 0.310 e. The minimum atomic E-state index is 0.551. The smallest absolute Gasteiger partial charge is 0.0207 e. The highest BCUT2D eigenvalue weighted by Crippen LogP contribution is 2.19. The van der Waals surface area contributed by atoms with Crippen LogP contribution in [0.2, 0.25) is 0 Å². The molecule has 0 aliphatic rings. The Bertz CT molecular complexity index is 313. The van der Waals surface area contributed by atoms with Crippen LogP contribution in [0.25, 0.3) is 0 Å². The minimum absolute atomic E-state index is 0.551. The van der Waals surface area contributed by atoms with Crippen LogP contribution in [0.15, 0.2) is 18.2 Å². The van der Waals surface area contributed by atoms with Crippen LogP contribution in [-0.2, 0) is 6.54 Å². The third-order valence-corrected chi connectivity index (χ3v) is 2.67. The highest BCUT2D eigenvalue weighted by molar-refractivity contribution is 5.33. The van der Waals surface area contributed by atoms with Crippen molar-refractivity contribution in [3.8, 4) is 0 Å². The van der Waals surface area contributed by atoms with Crippen molar-refractivity contribution in [3.05, 3.63) is 34.9 Å². The molecule has 84 valence electrons. The lowest BCUT2D eigenvalue weighted by molar-refractivity contribution is 0.588. The number of benzene rings is 1. The molecule has 0 aliphatic carbocycles. The summed E-state index contributed by atoms with van der Waals surface area (Å²) in [5.41, 5.74) is 4.25. The summed E-state index contributed by atoms with van der Waals surface area (Å²) in [6, 6.07) is 7.34. The molecule has 1 aromatic rings. The van der Waals surface area contributed by atoms with Gasteiger partial charge in [-0.3, -0.25) is 0 Å². The van der Waals surface area contributed by atoms with Crippen LogP contribution < -0.4 is 5.32 Å². The minimum Gasteiger partial charge on any atom is -0.310 e. The molecule has 0 amide bonds. The van der Waals surface area contributed by atoms with Crippen LogP contribution in [0.3, 0.4) is 0 Å². The quantitative estimate of drug-likeness (QED) is 0.791. The van der Waals surface area contributed by atoms with Crippen LogP contribution in [-0.4, -0.2) is 6.04 Å². The molecule has 1 rings (SSSR count). The van der Waals surface area contributed by atoms with E-state index in [9.17, 15) is 0 Å². The van der Waals surface area contributed by atoms with Gasteiger partial charge in [0.05, 0.1) is 0 Å². The van der Waals surface area contributed by atoms with Gasteiger partial charge in [0.25, 0.3) is 0 Å². The van der Waals surface area contributed by atoms with Crippen LogP contribution in [0.1, 0.15) is 50.3 Å². The zero-order valence-corrected chi connectivity index (χ0v) is 10.6. The fourth-order valence-corrected chi connectivity index (χ4v) is 1.82. The van der Waals surface area contributed by atoms with E-state index < -0.39 is 0 Å². The third-order valence-electron chi connectivity index (χ3n) is 2.67. The van der Waals surface area contributed by atoms with E-state index in [2.05, 4.69) is 58.1 Å². The van der Waals surface area contributed by atoms with E-state index in [0.717, 1.165) is 6.54 Å². The maximum absolute atomic E-state index is 3.44. The molecule has 1 nitrogen and oxygen atoms in total. The van der Waals surface area contributed by atoms with Gasteiger partial charge in [0.1, 0.15) is 0 Å². The lowest BCUT2D eigenvalue weighted by Gasteiger charge is -2.13. The van der Waals surface area contributed by atoms with Crippen LogP contribution in [0.4, 0.5) is 0 Å². The molecule has 0 saturated carbocycles. The van der Waals surface area contributed by atoms with Gasteiger partial charge in [-0.15, -0.1) is 0 Å². The van der Waals surface area contributed by atoms with Gasteiger partial charge in [-0.1, -0.05) is 45.9 Å². The first-order chi connectivity index (χ1) is 7.00. The van der Waals surface area contributed by atoms with E-state index in [1.165, 1.54) is 16.7 Å². The molecule has 0 bridgehead atoms. The Labute approximate surface area is 93.9 Å². The molecule has 0 saturated heterocycles. The Morgan fingerprint density at radius 3 is 2.27 bits per heavy atom. The molecule has 1 aromatic carbocycles. The first-order valence-electron chi connectivity index (χ1n) is 5.83. The molecule has 0 heterocycles. The average Bonchev–Trinajstić information content (AvgIpc) is 2.14. The van der Waals surface area contributed by atoms with Crippen LogP contribution >= 0.6 is 0 Å². The van der Waals surface area contributed by atoms with Gasteiger partial charge in [-0.05, 0) is 29.5 Å². The van der Waals surface area contributed by atoms with Gasteiger partial charge in [-0.2, -0.15) is 0 Å². The van der Waals surface area contributed by atoms with Crippen molar-refractivity contribution in [2.45, 2.75) is 53.1 Å². The summed E-state index contributed by atoms with van der Waals surface area (Å²) in [4.78, 5) is 0. The Kier molecular flexibility index (Phi) is 4.34. The van der Waals surface area contributed by atoms with Crippen molar-refractivity contribution in [1.29, 1.82) is 0 Å². The molecular weight excluding hydrogens is 182 g/mol. The molecule has 0 unspecified atom stereocenters. The number of hydrogen-bond donors (Lipinski definition) is 1. The Morgan fingerprint density at radius 1 is 1.13 bits per heavy atom. The number of nitrogens with one attached hydrogen (secondary N) is 1. The van der Waals surface area contributed by atoms with Gasteiger partial charge >= 0.3 is 0 Å². The van der Waals surface area contributed by atoms with E-state index in [1.54, 1.807) is 0 Å². The zero-order chi connectivity index (χ0) is 11.4. The highest BCUT2D eigenvalue weighted by atomic mass is 14.9. The van der Waals surface area contributed by atoms with Crippen LogP contribution in [0.5, 0.6) is 0 Å². The molecule has 15 heavy (non-hydrogen) atoms. The fraction of sp³-hybridized carbons (Fsp3) is 0.571. The summed E-state index contributed by atoms with van der Waals surface area (Å²) in [7, 11) is 0. The topological polar surface area (TPSA) is 12.0 Å². The van der Waals surface area contributed by atoms with Gasteiger partial charge < -0.3 is 5.32 Å². The summed E-state index contributed by atoms with van der Waals surface area (Å²) in [6.45, 7) is 12.0. The first kappa shape index (κ1) is 12.3. The number of aryl methyl sites for hydroxylation is 1. The van der Waals surface area contributed by atoms with Crippen molar-refractivity contribution < 1.29 is 0 Å². The van der Waals surface area contributed by atoms with Crippen molar-refractivity contribution in [2.75, 3.05) is 0 Å². The summed E-state index contributed by atoms with van der Waals surface area (Å²) in [5.74, 6) is 0.622. The zero-order valence-electron chi connectivity index (χ0n) is 10.6. The van der Waals surface area contributed by atoms with Crippen molar-refractivity contribution in [3.63, 3.8) is 0 Å². The number of rotatable bonds is 4. The SMILES string of the molecule is Cc1cc(CNC(C)C)ccc1C(C)C. The summed E-state index contributed by atoms with van der Waals surface area (Å²) in [5, 5.41) is 3.44. The maximum atomic E-state index is 3.44. The maximum Gasteiger partial charge on any atom is 0.0207 e. The fourth-order valence-electron chi connectivity index (χ4n) is 1.82. The van der Waals surface area contributed by atoms with E-state index in [1.807, 2.05) is 0 Å². The van der Waals surface area contributed by atoms with Gasteiger partial charge in [0.15, 0.2) is 0 Å². The molecule has 0 fully saturated rings. The molecule has 0 aliphatic heterocycles. The first-order valence-corrected chi connectivity index (χ1v) is 5.83. The van der Waals surface area contributed by atoms with Gasteiger partial charge in [0, 0.05) is 12.6 Å². The average molecular weight is 205 g/mol. The Morgan fingerprint density at radius 2 is 1.80 bits per heavy atom. The second-order valence-corrected chi connectivity index (χ2v) is 4.88. The van der Waals surface area contributed by atoms with Gasteiger partial charge in [0.2, 0.25) is 0 Å². The van der Waals surface area contributed by atoms with E-state index in [4.69, 9.17) is 0 Å². The molecule has 1 heteroatoms. The predicted octanol–water partition coefficient (Wildman–Crippen LogP) is 3.62. The standard InChI is InChI=1S/C14H23N/c1-10(2)14-7-6-13(8-12(14)5)9-15-11(3)4/h6-8,10-11,15H,9H2,1-5H3. The molecule has 0 aromatic heterocycles. The second-order valence-electron chi connectivity index (χ2n) is 4.88. The Hall–Kier alpha value is -0.820.